The van der Waals surface area contributed by atoms with Crippen LogP contribution < -0.4 is 5.73 Å². The highest BCUT2D eigenvalue weighted by molar-refractivity contribution is 7.91. The Balaban J connectivity index is 1.98. The normalized spacial score (nSPS) is 11.6. The molecule has 0 aliphatic carbocycles. The lowest BCUT2D eigenvalue weighted by molar-refractivity contribution is 0.592. The monoisotopic (exact) mass is 478 g/mol. The van der Waals surface area contributed by atoms with Crippen LogP contribution in [0, 0.1) is 0 Å². The van der Waals surface area contributed by atoms with Crippen molar-refractivity contribution in [1.29, 1.82) is 0 Å². The maximum absolute atomic E-state index is 13.4. The summed E-state index contributed by atoms with van der Waals surface area (Å²) in [5.41, 5.74) is 7.75. The van der Waals surface area contributed by atoms with E-state index < -0.39 is 9.84 Å². The molecule has 0 spiro atoms. The van der Waals surface area contributed by atoms with Crippen LogP contribution in [0.25, 0.3) is 16.9 Å². The van der Waals surface area contributed by atoms with E-state index in [9.17, 15) is 8.42 Å². The molecule has 0 aliphatic rings. The summed E-state index contributed by atoms with van der Waals surface area (Å²) in [7, 11) is -4.11. The lowest BCUT2D eigenvalue weighted by Gasteiger charge is -2.10. The van der Waals surface area contributed by atoms with Crippen molar-refractivity contribution < 1.29 is 8.42 Å². The van der Waals surface area contributed by atoms with Gasteiger partial charge in [0.25, 0.3) is 0 Å². The molecule has 0 saturated heterocycles. The van der Waals surface area contributed by atoms with E-state index in [-0.39, 0.29) is 20.6 Å². The maximum Gasteiger partial charge on any atom is 0.229 e. The lowest BCUT2D eigenvalue weighted by Crippen LogP contribution is -2.06. The molecule has 0 amide bonds. The van der Waals surface area contributed by atoms with Gasteiger partial charge in [-0.25, -0.2) is 13.1 Å². The quantitative estimate of drug-likeness (QED) is 0.401. The molecule has 10 heteroatoms. The van der Waals surface area contributed by atoms with Crippen molar-refractivity contribution in [1.82, 2.24) is 15.0 Å². The molecule has 0 fully saturated rings. The van der Waals surface area contributed by atoms with E-state index in [1.807, 2.05) is 0 Å². The molecule has 2 N–H and O–H groups in total. The Labute approximate surface area is 187 Å². The molecular weight excluding hydrogens is 467 g/mol. The van der Waals surface area contributed by atoms with Gasteiger partial charge in [0, 0.05) is 21.3 Å². The average Bonchev–Trinajstić information content (AvgIpc) is 3.15. The largest absolute Gasteiger partial charge is 0.399 e. The van der Waals surface area contributed by atoms with E-state index >= 15 is 0 Å². The second kappa shape index (κ2) is 7.92. The Bertz CT molecular complexity index is 1340. The molecule has 3 aromatic carbocycles. The van der Waals surface area contributed by atoms with E-state index in [4.69, 9.17) is 40.5 Å². The molecule has 0 radical (unpaired) electrons. The molecule has 0 saturated carbocycles. The maximum atomic E-state index is 13.4. The number of rotatable bonds is 4. The highest BCUT2D eigenvalue weighted by atomic mass is 35.5. The summed E-state index contributed by atoms with van der Waals surface area (Å²) in [5.74, 6) is 0. The molecule has 0 unspecified atom stereocenters. The first-order valence-electron chi connectivity index (χ1n) is 8.55. The summed E-state index contributed by atoms with van der Waals surface area (Å²) in [6.45, 7) is 0. The Hall–Kier alpha value is -2.58. The number of nitrogens with two attached hydrogens (primary N) is 1. The number of aromatic nitrogens is 3. The third-order valence-electron chi connectivity index (χ3n) is 4.33. The topological polar surface area (TPSA) is 90.9 Å². The number of halogens is 3. The fourth-order valence-corrected chi connectivity index (χ4v) is 5.11. The number of hydrogen-bond donors (Lipinski definition) is 1. The smallest absolute Gasteiger partial charge is 0.229 e. The van der Waals surface area contributed by atoms with Gasteiger partial charge < -0.3 is 5.73 Å². The van der Waals surface area contributed by atoms with Gasteiger partial charge in [0.2, 0.25) is 14.9 Å². The highest BCUT2D eigenvalue weighted by Crippen LogP contribution is 2.35. The van der Waals surface area contributed by atoms with E-state index in [0.717, 1.165) is 0 Å². The number of anilines is 1. The van der Waals surface area contributed by atoms with Crippen LogP contribution in [-0.4, -0.2) is 23.4 Å². The first-order valence-corrected chi connectivity index (χ1v) is 11.2. The van der Waals surface area contributed by atoms with Crippen LogP contribution in [0.3, 0.4) is 0 Å². The minimum absolute atomic E-state index is 0.00779. The Morgan fingerprint density at radius 3 is 2.10 bits per heavy atom. The van der Waals surface area contributed by atoms with Crippen LogP contribution >= 0.6 is 34.8 Å². The predicted octanol–water partition coefficient (Wildman–Crippen LogP) is 5.31. The van der Waals surface area contributed by atoms with Crippen molar-refractivity contribution in [2.75, 3.05) is 5.73 Å². The number of nitrogens with zero attached hydrogens (tertiary/aromatic N) is 3. The number of nitrogen functional groups attached to an aromatic ring is 1. The Morgan fingerprint density at radius 2 is 1.47 bits per heavy atom. The van der Waals surface area contributed by atoms with Gasteiger partial charge in [0.05, 0.1) is 15.6 Å². The zero-order valence-corrected chi connectivity index (χ0v) is 18.2. The first kappa shape index (κ1) is 20.7. The average molecular weight is 480 g/mol. The van der Waals surface area contributed by atoms with Crippen molar-refractivity contribution in [2.24, 2.45) is 0 Å². The summed E-state index contributed by atoms with van der Waals surface area (Å²) >= 11 is 18.1. The fourth-order valence-electron chi connectivity index (χ4n) is 2.90. The van der Waals surface area contributed by atoms with Gasteiger partial charge in [-0.2, -0.15) is 0 Å². The first-order chi connectivity index (χ1) is 14.3. The second-order valence-electron chi connectivity index (χ2n) is 6.33. The predicted molar refractivity (Wildman–Crippen MR) is 118 cm³/mol. The number of sulfone groups is 1. The minimum Gasteiger partial charge on any atom is -0.399 e. The fraction of sp³-hybridized carbons (Fsp3) is 0. The van der Waals surface area contributed by atoms with Crippen LogP contribution in [-0.2, 0) is 9.84 Å². The second-order valence-corrected chi connectivity index (χ2v) is 9.45. The molecule has 1 heterocycles. The van der Waals surface area contributed by atoms with Gasteiger partial charge in [0.15, 0.2) is 0 Å². The molecule has 0 bridgehead atoms. The van der Waals surface area contributed by atoms with Crippen LogP contribution in [0.5, 0.6) is 0 Å². The van der Waals surface area contributed by atoms with Crippen LogP contribution in [0.2, 0.25) is 15.1 Å². The van der Waals surface area contributed by atoms with Crippen molar-refractivity contribution in [3.8, 4) is 16.9 Å². The van der Waals surface area contributed by atoms with Gasteiger partial charge in [-0.05, 0) is 54.6 Å². The Morgan fingerprint density at radius 1 is 0.833 bits per heavy atom. The van der Waals surface area contributed by atoms with E-state index in [1.165, 1.54) is 22.9 Å². The zero-order chi connectivity index (χ0) is 21.5. The zero-order valence-electron chi connectivity index (χ0n) is 15.1. The van der Waals surface area contributed by atoms with Crippen molar-refractivity contribution >= 4 is 50.3 Å². The molecular formula is C20H13Cl3N4O2S. The highest BCUT2D eigenvalue weighted by Gasteiger charge is 2.30. The van der Waals surface area contributed by atoms with Crippen molar-refractivity contribution in [3.05, 3.63) is 81.8 Å². The standard InChI is InChI=1S/C20H13Cl3N4O2S/c21-13-3-1-12(2-4-13)19-20(25-26-27(19)16-8-6-15(24)7-9-16)30(28,29)18-10-5-14(22)11-17(18)23/h1-11H,24H2. The van der Waals surface area contributed by atoms with Crippen molar-refractivity contribution in [2.45, 2.75) is 9.92 Å². The molecule has 4 rings (SSSR count). The molecule has 152 valence electrons. The summed E-state index contributed by atoms with van der Waals surface area (Å²) < 4.78 is 28.3. The molecule has 6 nitrogen and oxygen atoms in total. The van der Waals surface area contributed by atoms with Gasteiger partial charge >= 0.3 is 0 Å². The molecule has 0 aliphatic heterocycles. The van der Waals surface area contributed by atoms with Gasteiger partial charge in [0.1, 0.15) is 5.69 Å². The van der Waals surface area contributed by atoms with Gasteiger partial charge in [-0.15, -0.1) is 5.10 Å². The summed E-state index contributed by atoms with van der Waals surface area (Å²) in [6.07, 6.45) is 0. The number of hydrogen-bond acceptors (Lipinski definition) is 5. The van der Waals surface area contributed by atoms with Crippen LogP contribution in [0.15, 0.2) is 76.7 Å². The number of benzene rings is 3. The SMILES string of the molecule is Nc1ccc(-n2nnc(S(=O)(=O)c3ccc(Cl)cc3Cl)c2-c2ccc(Cl)cc2)cc1. The molecule has 1 aromatic heterocycles. The summed E-state index contributed by atoms with van der Waals surface area (Å²) in [6, 6.07) is 17.7. The summed E-state index contributed by atoms with van der Waals surface area (Å²) in [4.78, 5) is -0.117. The van der Waals surface area contributed by atoms with Gasteiger partial charge in [-0.3, -0.25) is 0 Å². The molecule has 0 atom stereocenters. The molecule has 30 heavy (non-hydrogen) atoms. The van der Waals surface area contributed by atoms with E-state index in [1.54, 1.807) is 48.5 Å². The van der Waals surface area contributed by atoms with Crippen molar-refractivity contribution in [3.63, 3.8) is 0 Å². The Kier molecular flexibility index (Phi) is 5.46. The van der Waals surface area contributed by atoms with E-state index in [2.05, 4.69) is 10.3 Å². The van der Waals surface area contributed by atoms with Crippen LogP contribution in [0.4, 0.5) is 5.69 Å². The van der Waals surface area contributed by atoms with Gasteiger partial charge in [-0.1, -0.05) is 52.1 Å². The third-order valence-corrected chi connectivity index (χ3v) is 6.96. The summed E-state index contributed by atoms with van der Waals surface area (Å²) in [5, 5.41) is 8.67. The third kappa shape index (κ3) is 3.77. The molecule has 4 aromatic rings. The van der Waals surface area contributed by atoms with E-state index in [0.29, 0.717) is 27.0 Å². The minimum atomic E-state index is -4.11. The lowest BCUT2D eigenvalue weighted by atomic mass is 10.1. The van der Waals surface area contributed by atoms with Crippen LogP contribution in [0.1, 0.15) is 0 Å².